The van der Waals surface area contributed by atoms with E-state index >= 15 is 0 Å². The van der Waals surface area contributed by atoms with E-state index in [-0.39, 0.29) is 6.04 Å². The highest BCUT2D eigenvalue weighted by molar-refractivity contribution is 7.96. The van der Waals surface area contributed by atoms with E-state index < -0.39 is 0 Å². The second-order valence-electron chi connectivity index (χ2n) is 9.08. The average Bonchev–Trinajstić information content (AvgIpc) is 3.19. The summed E-state index contributed by atoms with van der Waals surface area (Å²) < 4.78 is 8.21. The molecule has 1 saturated carbocycles. The van der Waals surface area contributed by atoms with Gasteiger partial charge in [0.2, 0.25) is 0 Å². The number of aromatic amines is 1. The van der Waals surface area contributed by atoms with Crippen molar-refractivity contribution in [3.63, 3.8) is 0 Å². The van der Waals surface area contributed by atoms with E-state index in [4.69, 9.17) is 9.72 Å². The lowest BCUT2D eigenvalue weighted by Crippen LogP contribution is -2.42. The summed E-state index contributed by atoms with van der Waals surface area (Å²) in [6, 6.07) is 4.73. The number of hydrogen-bond donors (Lipinski definition) is 2. The summed E-state index contributed by atoms with van der Waals surface area (Å²) in [6.45, 7) is 5.43. The SMILES string of the molecule is CNC(c1nc2c(OC)cc(CN3CCN(SC)CC3)cc2[nH]1)C1CCCCCCC1. The van der Waals surface area contributed by atoms with E-state index in [0.717, 1.165) is 55.3 Å². The minimum atomic E-state index is 0.276. The molecule has 0 radical (unpaired) electrons. The van der Waals surface area contributed by atoms with Crippen LogP contribution in [0, 0.1) is 5.92 Å². The molecule has 2 aromatic rings. The normalized spacial score (nSPS) is 21.1. The number of benzene rings is 1. The maximum absolute atomic E-state index is 5.77. The molecule has 0 spiro atoms. The first kappa shape index (κ1) is 22.9. The number of imidazole rings is 1. The highest BCUT2D eigenvalue weighted by Crippen LogP contribution is 2.34. The molecule has 1 unspecified atom stereocenters. The van der Waals surface area contributed by atoms with Crippen LogP contribution in [0.2, 0.25) is 0 Å². The van der Waals surface area contributed by atoms with Crippen molar-refractivity contribution < 1.29 is 4.74 Å². The molecule has 31 heavy (non-hydrogen) atoms. The van der Waals surface area contributed by atoms with E-state index in [9.17, 15) is 0 Å². The summed E-state index contributed by atoms with van der Waals surface area (Å²) in [7, 11) is 3.84. The monoisotopic (exact) mass is 445 g/mol. The van der Waals surface area contributed by atoms with Gasteiger partial charge in [0.25, 0.3) is 0 Å². The molecular weight excluding hydrogens is 406 g/mol. The van der Waals surface area contributed by atoms with E-state index in [2.05, 4.69) is 44.9 Å². The second-order valence-corrected chi connectivity index (χ2v) is 9.96. The van der Waals surface area contributed by atoms with E-state index in [1.807, 2.05) is 11.9 Å². The molecule has 7 heteroatoms. The van der Waals surface area contributed by atoms with Gasteiger partial charge in [0.15, 0.2) is 0 Å². The Hall–Kier alpha value is -1.28. The summed E-state index contributed by atoms with van der Waals surface area (Å²) in [5.74, 6) is 2.58. The molecule has 0 bridgehead atoms. The molecule has 1 aromatic heterocycles. The fourth-order valence-corrected chi connectivity index (χ4v) is 5.83. The van der Waals surface area contributed by atoms with Crippen LogP contribution in [0.3, 0.4) is 0 Å². The highest BCUT2D eigenvalue weighted by Gasteiger charge is 2.26. The predicted octanol–water partition coefficient (Wildman–Crippen LogP) is 4.59. The van der Waals surface area contributed by atoms with Crippen molar-refractivity contribution in [2.45, 2.75) is 57.5 Å². The average molecular weight is 446 g/mol. The van der Waals surface area contributed by atoms with E-state index in [1.165, 1.54) is 50.5 Å². The van der Waals surface area contributed by atoms with Crippen molar-refractivity contribution in [2.75, 3.05) is 46.6 Å². The van der Waals surface area contributed by atoms with E-state index in [1.54, 1.807) is 7.11 Å². The molecular formula is C24H39N5OS. The number of piperazine rings is 1. The number of rotatable bonds is 7. The number of nitrogens with zero attached hydrogens (tertiary/aromatic N) is 3. The van der Waals surface area contributed by atoms with Crippen molar-refractivity contribution in [1.82, 2.24) is 24.5 Å². The first-order valence-electron chi connectivity index (χ1n) is 12.0. The number of H-pyrrole nitrogens is 1. The molecule has 0 amide bonds. The lowest BCUT2D eigenvalue weighted by Gasteiger charge is -2.33. The topological polar surface area (TPSA) is 56.4 Å². The van der Waals surface area contributed by atoms with Gasteiger partial charge in [-0.2, -0.15) is 0 Å². The van der Waals surface area contributed by atoms with Crippen LogP contribution in [0.25, 0.3) is 11.0 Å². The zero-order valence-corrected chi connectivity index (χ0v) is 20.3. The zero-order chi connectivity index (χ0) is 21.6. The van der Waals surface area contributed by atoms with Crippen LogP contribution in [0.5, 0.6) is 5.75 Å². The van der Waals surface area contributed by atoms with Gasteiger partial charge in [0.05, 0.1) is 18.7 Å². The predicted molar refractivity (Wildman–Crippen MR) is 131 cm³/mol. The van der Waals surface area contributed by atoms with Crippen molar-refractivity contribution in [3.8, 4) is 5.75 Å². The third-order valence-corrected chi connectivity index (χ3v) is 7.95. The Labute approximate surface area is 191 Å². The molecule has 1 aliphatic heterocycles. The van der Waals surface area contributed by atoms with E-state index in [0.29, 0.717) is 5.92 Å². The quantitative estimate of drug-likeness (QED) is 0.608. The summed E-state index contributed by atoms with van der Waals surface area (Å²) in [5, 5.41) is 3.58. The number of fused-ring (bicyclic) bond motifs is 1. The van der Waals surface area contributed by atoms with Crippen molar-refractivity contribution in [3.05, 3.63) is 23.5 Å². The number of methoxy groups -OCH3 is 1. The largest absolute Gasteiger partial charge is 0.494 e. The molecule has 6 nitrogen and oxygen atoms in total. The summed E-state index contributed by atoms with van der Waals surface area (Å²) in [6.07, 6.45) is 11.5. The summed E-state index contributed by atoms with van der Waals surface area (Å²) in [5.41, 5.74) is 3.35. The smallest absolute Gasteiger partial charge is 0.147 e. The van der Waals surface area contributed by atoms with Gasteiger partial charge >= 0.3 is 0 Å². The van der Waals surface area contributed by atoms with Crippen LogP contribution in [-0.4, -0.2) is 65.8 Å². The Morgan fingerprint density at radius 1 is 1.13 bits per heavy atom. The first-order valence-corrected chi connectivity index (χ1v) is 13.1. The Kier molecular flexibility index (Phi) is 8.15. The molecule has 1 aliphatic carbocycles. The van der Waals surface area contributed by atoms with Gasteiger partial charge in [0.1, 0.15) is 17.1 Å². The van der Waals surface area contributed by atoms with Gasteiger partial charge in [0, 0.05) is 32.7 Å². The van der Waals surface area contributed by atoms with Gasteiger partial charge in [-0.25, -0.2) is 9.29 Å². The Balaban J connectivity index is 1.54. The Morgan fingerprint density at radius 3 is 2.48 bits per heavy atom. The van der Waals surface area contributed by atoms with Gasteiger partial charge in [-0.05, 0) is 49.8 Å². The Morgan fingerprint density at radius 2 is 1.84 bits per heavy atom. The molecule has 1 atom stereocenters. The number of aromatic nitrogens is 2. The minimum absolute atomic E-state index is 0.276. The zero-order valence-electron chi connectivity index (χ0n) is 19.5. The lowest BCUT2D eigenvalue weighted by atomic mass is 9.85. The third kappa shape index (κ3) is 5.56. The van der Waals surface area contributed by atoms with Crippen molar-refractivity contribution in [1.29, 1.82) is 0 Å². The molecule has 2 N–H and O–H groups in total. The van der Waals surface area contributed by atoms with Crippen LogP contribution in [0.15, 0.2) is 12.1 Å². The fraction of sp³-hybridized carbons (Fsp3) is 0.708. The fourth-order valence-electron chi connectivity index (χ4n) is 5.30. The highest BCUT2D eigenvalue weighted by atomic mass is 32.2. The van der Waals surface area contributed by atoms with Crippen LogP contribution in [0.1, 0.15) is 62.4 Å². The Bertz CT molecular complexity index is 825. The molecule has 2 aliphatic rings. The van der Waals surface area contributed by atoms with Crippen LogP contribution >= 0.6 is 11.9 Å². The molecule has 2 heterocycles. The van der Waals surface area contributed by atoms with Gasteiger partial charge in [-0.3, -0.25) is 4.90 Å². The van der Waals surface area contributed by atoms with Gasteiger partial charge < -0.3 is 15.0 Å². The second kappa shape index (κ2) is 11.0. The summed E-state index contributed by atoms with van der Waals surface area (Å²) >= 11 is 1.85. The van der Waals surface area contributed by atoms with Crippen LogP contribution in [-0.2, 0) is 6.54 Å². The third-order valence-electron chi connectivity index (χ3n) is 7.07. The number of hydrogen-bond acceptors (Lipinski definition) is 6. The maximum Gasteiger partial charge on any atom is 0.147 e. The van der Waals surface area contributed by atoms with Crippen LogP contribution in [0.4, 0.5) is 0 Å². The molecule has 2 fully saturated rings. The molecule has 1 saturated heterocycles. The van der Waals surface area contributed by atoms with Gasteiger partial charge in [-0.1, -0.05) is 44.1 Å². The molecule has 1 aromatic carbocycles. The molecule has 172 valence electrons. The lowest BCUT2D eigenvalue weighted by molar-refractivity contribution is 0.189. The minimum Gasteiger partial charge on any atom is -0.494 e. The van der Waals surface area contributed by atoms with Crippen LogP contribution < -0.4 is 10.1 Å². The number of ether oxygens (including phenoxy) is 1. The summed E-state index contributed by atoms with van der Waals surface area (Å²) in [4.78, 5) is 11.2. The van der Waals surface area contributed by atoms with Crippen molar-refractivity contribution in [2.24, 2.45) is 5.92 Å². The number of nitrogens with one attached hydrogen (secondary N) is 2. The first-order chi connectivity index (χ1) is 15.2. The van der Waals surface area contributed by atoms with Crippen molar-refractivity contribution >= 4 is 23.0 Å². The van der Waals surface area contributed by atoms with Gasteiger partial charge in [-0.15, -0.1) is 0 Å². The standard InChI is InChI=1S/C24H39N5OS/c1-25-22(19-9-7-5-4-6-8-10-19)24-26-20-15-18(16-21(30-2)23(20)27-24)17-28-11-13-29(31-3)14-12-28/h15-16,19,22,25H,4-14,17H2,1-3H3,(H,26,27). The maximum atomic E-state index is 5.77. The molecule has 4 rings (SSSR count).